The number of carbonyl (C=O) groups excluding carboxylic acids is 2. The molecule has 0 spiro atoms. The van der Waals surface area contributed by atoms with Crippen molar-refractivity contribution >= 4 is 23.4 Å². The molecular formula is C11H7F3N2O3. The molecule has 0 aliphatic carbocycles. The zero-order chi connectivity index (χ0) is 14.2. The molecule has 0 amide bonds. The second kappa shape index (κ2) is 4.38. The second-order valence-corrected chi connectivity index (χ2v) is 3.61. The Hall–Kier alpha value is -2.38. The van der Waals surface area contributed by atoms with E-state index in [0.29, 0.717) is 6.29 Å². The van der Waals surface area contributed by atoms with Crippen LogP contribution in [0.15, 0.2) is 18.3 Å². The largest absolute Gasteiger partial charge is 0.452 e. The molecule has 0 unspecified atom stereocenters. The van der Waals surface area contributed by atoms with E-state index in [4.69, 9.17) is 0 Å². The van der Waals surface area contributed by atoms with Gasteiger partial charge in [-0.05, 0) is 12.1 Å². The molecule has 2 heterocycles. The average molecular weight is 272 g/mol. The fraction of sp³-hybridized carbons (Fsp3) is 0.182. The van der Waals surface area contributed by atoms with Crippen molar-refractivity contribution in [3.8, 4) is 0 Å². The molecule has 5 nitrogen and oxygen atoms in total. The second-order valence-electron chi connectivity index (χ2n) is 3.61. The first-order valence-electron chi connectivity index (χ1n) is 5.01. The van der Waals surface area contributed by atoms with Crippen molar-refractivity contribution in [2.24, 2.45) is 0 Å². The van der Waals surface area contributed by atoms with Crippen molar-refractivity contribution in [3.05, 3.63) is 29.6 Å². The highest BCUT2D eigenvalue weighted by Gasteiger charge is 2.33. The maximum atomic E-state index is 12.6. The molecule has 2 rings (SSSR count). The minimum atomic E-state index is -4.64. The summed E-state index contributed by atoms with van der Waals surface area (Å²) in [5.74, 6) is 0. The molecule has 2 aromatic rings. The van der Waals surface area contributed by atoms with Crippen molar-refractivity contribution in [2.75, 3.05) is 7.11 Å². The molecule has 0 aliphatic heterocycles. The molecule has 0 aromatic carbocycles. The molecule has 0 atom stereocenters. The van der Waals surface area contributed by atoms with Crippen LogP contribution in [-0.2, 0) is 10.9 Å². The van der Waals surface area contributed by atoms with Crippen molar-refractivity contribution in [2.45, 2.75) is 6.18 Å². The lowest BCUT2D eigenvalue weighted by Gasteiger charge is -2.06. The van der Waals surface area contributed by atoms with E-state index in [1.54, 1.807) is 0 Å². The molecule has 0 N–H and O–H groups in total. The summed E-state index contributed by atoms with van der Waals surface area (Å²) in [5, 5.41) is 0.147. The Bertz CT molecular complexity index is 661. The van der Waals surface area contributed by atoms with Crippen LogP contribution in [0.1, 0.15) is 16.1 Å². The molecule has 2 aromatic heterocycles. The van der Waals surface area contributed by atoms with Crippen molar-refractivity contribution in [3.63, 3.8) is 0 Å². The van der Waals surface area contributed by atoms with Crippen LogP contribution in [0.25, 0.3) is 11.0 Å². The number of aldehydes is 1. The standard InChI is InChI=1S/C11H7F3N2O3/c1-19-10(18)16-4-6(5-17)7-2-3-8(11(12,13)14)15-9(7)16/h2-5H,1H3. The van der Waals surface area contributed by atoms with E-state index in [9.17, 15) is 22.8 Å². The Morgan fingerprint density at radius 3 is 2.63 bits per heavy atom. The predicted octanol–water partition coefficient (Wildman–Crippen LogP) is 2.48. The summed E-state index contributed by atoms with van der Waals surface area (Å²) in [7, 11) is 1.07. The van der Waals surface area contributed by atoms with Crippen LogP contribution in [0.3, 0.4) is 0 Å². The zero-order valence-corrected chi connectivity index (χ0v) is 9.56. The minimum Gasteiger partial charge on any atom is -0.452 e. The number of hydrogen-bond donors (Lipinski definition) is 0. The minimum absolute atomic E-state index is 0.0571. The third-order valence-corrected chi connectivity index (χ3v) is 2.47. The lowest BCUT2D eigenvalue weighted by atomic mass is 10.2. The number of hydrogen-bond acceptors (Lipinski definition) is 4. The Morgan fingerprint density at radius 1 is 1.42 bits per heavy atom. The quantitative estimate of drug-likeness (QED) is 0.748. The van der Waals surface area contributed by atoms with Gasteiger partial charge in [0.15, 0.2) is 11.9 Å². The number of pyridine rings is 1. The lowest BCUT2D eigenvalue weighted by Crippen LogP contribution is -2.13. The molecule has 0 radical (unpaired) electrons. The van der Waals surface area contributed by atoms with E-state index in [1.165, 1.54) is 0 Å². The number of methoxy groups -OCH3 is 1. The van der Waals surface area contributed by atoms with Crippen LogP contribution in [0, 0.1) is 0 Å². The van der Waals surface area contributed by atoms with Gasteiger partial charge >= 0.3 is 12.3 Å². The average Bonchev–Trinajstić information content (AvgIpc) is 2.74. The number of nitrogens with zero attached hydrogens (tertiary/aromatic N) is 2. The Balaban J connectivity index is 2.75. The van der Waals surface area contributed by atoms with Gasteiger partial charge in [-0.3, -0.25) is 4.79 Å². The van der Waals surface area contributed by atoms with E-state index < -0.39 is 18.0 Å². The highest BCUT2D eigenvalue weighted by Crippen LogP contribution is 2.30. The maximum Gasteiger partial charge on any atom is 0.433 e. The fourth-order valence-corrected chi connectivity index (χ4v) is 1.62. The number of carbonyl (C=O) groups is 2. The van der Waals surface area contributed by atoms with Gasteiger partial charge in [0, 0.05) is 17.1 Å². The Labute approximate surface area is 104 Å². The van der Waals surface area contributed by atoms with Crippen molar-refractivity contribution in [1.82, 2.24) is 9.55 Å². The molecule has 0 fully saturated rings. The fourth-order valence-electron chi connectivity index (χ4n) is 1.62. The smallest absolute Gasteiger partial charge is 0.433 e. The lowest BCUT2D eigenvalue weighted by molar-refractivity contribution is -0.141. The summed E-state index contributed by atoms with van der Waals surface area (Å²) in [6.07, 6.45) is -4.06. The van der Waals surface area contributed by atoms with Gasteiger partial charge in [-0.15, -0.1) is 0 Å². The Morgan fingerprint density at radius 2 is 2.11 bits per heavy atom. The van der Waals surface area contributed by atoms with Gasteiger partial charge in [0.25, 0.3) is 0 Å². The van der Waals surface area contributed by atoms with Crippen molar-refractivity contribution in [1.29, 1.82) is 0 Å². The number of halogens is 3. The first-order valence-corrected chi connectivity index (χ1v) is 5.01. The summed E-state index contributed by atoms with van der Waals surface area (Å²) in [6, 6.07) is 1.84. The Kier molecular flexibility index (Phi) is 3.01. The highest BCUT2D eigenvalue weighted by molar-refractivity contribution is 5.99. The van der Waals surface area contributed by atoms with Crippen LogP contribution in [0.5, 0.6) is 0 Å². The van der Waals surface area contributed by atoms with Gasteiger partial charge in [0.05, 0.1) is 7.11 Å². The van der Waals surface area contributed by atoms with Crippen LogP contribution in [0.2, 0.25) is 0 Å². The van der Waals surface area contributed by atoms with Crippen LogP contribution < -0.4 is 0 Å². The zero-order valence-electron chi connectivity index (χ0n) is 9.56. The van der Waals surface area contributed by atoms with Gasteiger partial charge in [0.1, 0.15) is 5.69 Å². The monoisotopic (exact) mass is 272 g/mol. The van der Waals surface area contributed by atoms with Gasteiger partial charge in [0.2, 0.25) is 0 Å². The third kappa shape index (κ3) is 2.16. The molecule has 0 saturated carbocycles. The summed E-state index contributed by atoms with van der Waals surface area (Å²) in [5.41, 5.74) is -1.37. The van der Waals surface area contributed by atoms with Crippen LogP contribution >= 0.6 is 0 Å². The van der Waals surface area contributed by atoms with Gasteiger partial charge in [-0.2, -0.15) is 13.2 Å². The molecule has 0 saturated heterocycles. The first kappa shape index (κ1) is 13.1. The first-order chi connectivity index (χ1) is 8.88. The molecule has 19 heavy (non-hydrogen) atoms. The number of rotatable bonds is 1. The SMILES string of the molecule is COC(=O)n1cc(C=O)c2ccc(C(F)(F)F)nc21. The molecule has 0 aliphatic rings. The molecule has 0 bridgehead atoms. The number of alkyl halides is 3. The number of ether oxygens (including phenoxy) is 1. The topological polar surface area (TPSA) is 61.2 Å². The van der Waals surface area contributed by atoms with E-state index in [0.717, 1.165) is 30.0 Å². The highest BCUT2D eigenvalue weighted by atomic mass is 19.4. The van der Waals surface area contributed by atoms with Gasteiger partial charge in [-0.25, -0.2) is 14.3 Å². The van der Waals surface area contributed by atoms with Gasteiger partial charge < -0.3 is 4.74 Å². The van der Waals surface area contributed by atoms with E-state index in [1.807, 2.05) is 0 Å². The summed E-state index contributed by atoms with van der Waals surface area (Å²) in [4.78, 5) is 25.6. The molecule has 8 heteroatoms. The van der Waals surface area contributed by atoms with E-state index in [-0.39, 0.29) is 16.6 Å². The summed E-state index contributed by atoms with van der Waals surface area (Å²) in [6.45, 7) is 0. The van der Waals surface area contributed by atoms with Crippen LogP contribution in [0.4, 0.5) is 18.0 Å². The predicted molar refractivity (Wildman–Crippen MR) is 57.9 cm³/mol. The van der Waals surface area contributed by atoms with Gasteiger partial charge in [-0.1, -0.05) is 0 Å². The molecule has 100 valence electrons. The van der Waals surface area contributed by atoms with Crippen LogP contribution in [-0.4, -0.2) is 29.0 Å². The van der Waals surface area contributed by atoms with Crippen molar-refractivity contribution < 1.29 is 27.5 Å². The summed E-state index contributed by atoms with van der Waals surface area (Å²) < 4.78 is 42.9. The third-order valence-electron chi connectivity index (χ3n) is 2.47. The number of fused-ring (bicyclic) bond motifs is 1. The normalized spacial score (nSPS) is 11.6. The van der Waals surface area contributed by atoms with E-state index in [2.05, 4.69) is 9.72 Å². The summed E-state index contributed by atoms with van der Waals surface area (Å²) >= 11 is 0. The molecular weight excluding hydrogens is 265 g/mol. The maximum absolute atomic E-state index is 12.6. The van der Waals surface area contributed by atoms with E-state index >= 15 is 0 Å². The number of aromatic nitrogens is 2.